The van der Waals surface area contributed by atoms with Gasteiger partial charge in [-0.25, -0.2) is 4.98 Å². The first-order valence-electron chi connectivity index (χ1n) is 8.03. The van der Waals surface area contributed by atoms with Gasteiger partial charge in [-0.2, -0.15) is 0 Å². The molecule has 1 saturated heterocycles. The van der Waals surface area contributed by atoms with Crippen molar-refractivity contribution in [3.05, 3.63) is 18.0 Å². The van der Waals surface area contributed by atoms with Crippen LogP contribution in [-0.4, -0.2) is 53.3 Å². The predicted octanol–water partition coefficient (Wildman–Crippen LogP) is 0.759. The summed E-state index contributed by atoms with van der Waals surface area (Å²) in [7, 11) is 0. The first kappa shape index (κ1) is 14.3. The van der Waals surface area contributed by atoms with Crippen LogP contribution in [0.4, 0.5) is 0 Å². The van der Waals surface area contributed by atoms with E-state index in [2.05, 4.69) is 10.3 Å². The Labute approximate surface area is 134 Å². The fourth-order valence-electron chi connectivity index (χ4n) is 3.16. The maximum Gasteiger partial charge on any atom is 0.242 e. The van der Waals surface area contributed by atoms with E-state index in [0.29, 0.717) is 6.54 Å². The summed E-state index contributed by atoms with van der Waals surface area (Å²) in [6, 6.07) is 3.82. The van der Waals surface area contributed by atoms with Crippen LogP contribution in [-0.2, 0) is 17.8 Å². The van der Waals surface area contributed by atoms with Crippen LogP contribution in [0.15, 0.2) is 12.1 Å². The Kier molecular flexibility index (Phi) is 3.57. The highest BCUT2D eigenvalue weighted by atomic mass is 16.7. The predicted molar refractivity (Wildman–Crippen MR) is 84.7 cm³/mol. The van der Waals surface area contributed by atoms with Crippen molar-refractivity contribution in [2.75, 3.05) is 33.0 Å². The third-order valence-corrected chi connectivity index (χ3v) is 4.40. The number of benzene rings is 1. The molecular formula is C16H20N4O3. The van der Waals surface area contributed by atoms with Gasteiger partial charge in [0.05, 0.1) is 11.0 Å². The lowest BCUT2D eigenvalue weighted by atomic mass is 10.2. The molecule has 7 nitrogen and oxygen atoms in total. The second kappa shape index (κ2) is 5.73. The molecule has 1 aromatic carbocycles. The molecule has 122 valence electrons. The lowest BCUT2D eigenvalue weighted by Gasteiger charge is -2.27. The number of rotatable bonds is 3. The van der Waals surface area contributed by atoms with Gasteiger partial charge in [0, 0.05) is 44.7 Å². The summed E-state index contributed by atoms with van der Waals surface area (Å²) in [6.07, 6.45) is 0.774. The Hall–Kier alpha value is -2.28. The molecule has 3 heterocycles. The summed E-state index contributed by atoms with van der Waals surface area (Å²) in [6.45, 7) is 5.85. The number of nitrogens with zero attached hydrogens (tertiary/aromatic N) is 3. The molecule has 7 heteroatoms. The van der Waals surface area contributed by atoms with E-state index in [1.54, 1.807) is 0 Å². The van der Waals surface area contributed by atoms with Gasteiger partial charge in [0.25, 0.3) is 0 Å². The van der Waals surface area contributed by atoms with Crippen LogP contribution in [0.3, 0.4) is 0 Å². The van der Waals surface area contributed by atoms with Crippen molar-refractivity contribution < 1.29 is 14.3 Å². The summed E-state index contributed by atoms with van der Waals surface area (Å²) in [5, 5.41) is 3.27. The highest BCUT2D eigenvalue weighted by molar-refractivity contribution is 5.84. The molecule has 0 atom stereocenters. The van der Waals surface area contributed by atoms with Gasteiger partial charge in [0.1, 0.15) is 12.4 Å². The second-order valence-corrected chi connectivity index (χ2v) is 5.79. The summed E-state index contributed by atoms with van der Waals surface area (Å²) in [5.41, 5.74) is 1.77. The number of nitrogens with one attached hydrogen (secondary N) is 1. The molecule has 0 aliphatic carbocycles. The lowest BCUT2D eigenvalue weighted by molar-refractivity contribution is -0.132. The molecule has 2 aliphatic heterocycles. The van der Waals surface area contributed by atoms with Gasteiger partial charge in [-0.05, 0) is 0 Å². The Bertz CT molecular complexity index is 749. The lowest BCUT2D eigenvalue weighted by Crippen LogP contribution is -2.47. The number of amides is 1. The number of hydrogen-bond acceptors (Lipinski definition) is 5. The third kappa shape index (κ3) is 2.50. The van der Waals surface area contributed by atoms with Crippen molar-refractivity contribution in [2.24, 2.45) is 0 Å². The molecule has 2 aromatic rings. The van der Waals surface area contributed by atoms with Crippen molar-refractivity contribution in [1.29, 1.82) is 0 Å². The highest BCUT2D eigenvalue weighted by Crippen LogP contribution is 2.36. The molecule has 0 radical (unpaired) electrons. The summed E-state index contributed by atoms with van der Waals surface area (Å²) < 4.78 is 12.9. The minimum absolute atomic E-state index is 0.137. The first-order valence-corrected chi connectivity index (χ1v) is 8.03. The maximum atomic E-state index is 12.6. The zero-order valence-electron chi connectivity index (χ0n) is 13.2. The van der Waals surface area contributed by atoms with Gasteiger partial charge >= 0.3 is 0 Å². The second-order valence-electron chi connectivity index (χ2n) is 5.79. The maximum absolute atomic E-state index is 12.6. The van der Waals surface area contributed by atoms with Crippen LogP contribution < -0.4 is 14.8 Å². The van der Waals surface area contributed by atoms with Crippen LogP contribution >= 0.6 is 0 Å². The van der Waals surface area contributed by atoms with E-state index >= 15 is 0 Å². The van der Waals surface area contributed by atoms with Gasteiger partial charge < -0.3 is 24.3 Å². The minimum Gasteiger partial charge on any atom is -0.454 e. The van der Waals surface area contributed by atoms with Crippen molar-refractivity contribution in [3.63, 3.8) is 0 Å². The van der Waals surface area contributed by atoms with Gasteiger partial charge in [0.2, 0.25) is 12.7 Å². The minimum atomic E-state index is 0.137. The molecule has 2 aliphatic rings. The molecular weight excluding hydrogens is 296 g/mol. The monoisotopic (exact) mass is 316 g/mol. The Morgan fingerprint density at radius 2 is 2.00 bits per heavy atom. The van der Waals surface area contributed by atoms with Crippen molar-refractivity contribution >= 4 is 16.9 Å². The van der Waals surface area contributed by atoms with Crippen LogP contribution in [0.25, 0.3) is 11.0 Å². The number of fused-ring (bicyclic) bond motifs is 2. The summed E-state index contributed by atoms with van der Waals surface area (Å²) >= 11 is 0. The summed E-state index contributed by atoms with van der Waals surface area (Å²) in [5.74, 6) is 2.49. The van der Waals surface area contributed by atoms with Crippen LogP contribution in [0.1, 0.15) is 12.7 Å². The molecule has 1 amide bonds. The number of carbonyl (C=O) groups is 1. The van der Waals surface area contributed by atoms with E-state index < -0.39 is 0 Å². The van der Waals surface area contributed by atoms with Crippen LogP contribution in [0.5, 0.6) is 11.5 Å². The average Bonchev–Trinajstić information content (AvgIpc) is 3.17. The van der Waals surface area contributed by atoms with Crippen LogP contribution in [0.2, 0.25) is 0 Å². The Balaban J connectivity index is 1.68. The number of aryl methyl sites for hydroxylation is 1. The molecule has 4 rings (SSSR count). The Morgan fingerprint density at radius 1 is 1.26 bits per heavy atom. The van der Waals surface area contributed by atoms with E-state index in [0.717, 1.165) is 61.0 Å². The van der Waals surface area contributed by atoms with E-state index in [1.165, 1.54) is 0 Å². The largest absolute Gasteiger partial charge is 0.454 e. The molecule has 1 N–H and O–H groups in total. The van der Waals surface area contributed by atoms with E-state index in [1.807, 2.05) is 28.5 Å². The molecule has 1 fully saturated rings. The van der Waals surface area contributed by atoms with E-state index in [4.69, 9.17) is 9.47 Å². The van der Waals surface area contributed by atoms with Gasteiger partial charge in [-0.15, -0.1) is 0 Å². The fraction of sp³-hybridized carbons (Fsp3) is 0.500. The molecule has 0 unspecified atom stereocenters. The van der Waals surface area contributed by atoms with Gasteiger partial charge in [-0.3, -0.25) is 4.79 Å². The number of imidazole rings is 1. The SMILES string of the molecule is CCc1nc2cc3c(cc2n1CC(=O)N1CCNCC1)OCO3. The molecule has 0 bridgehead atoms. The molecule has 0 spiro atoms. The number of hydrogen-bond donors (Lipinski definition) is 1. The quantitative estimate of drug-likeness (QED) is 0.905. The average molecular weight is 316 g/mol. The standard InChI is InChI=1S/C16H20N4O3/c1-2-15-18-11-7-13-14(23-10-22-13)8-12(11)20(15)9-16(21)19-5-3-17-4-6-19/h7-8,17H,2-6,9-10H2,1H3. The number of piperazine rings is 1. The molecule has 0 saturated carbocycles. The van der Waals surface area contributed by atoms with E-state index in [-0.39, 0.29) is 12.7 Å². The third-order valence-electron chi connectivity index (χ3n) is 4.40. The van der Waals surface area contributed by atoms with Crippen molar-refractivity contribution in [1.82, 2.24) is 19.8 Å². The molecule has 1 aromatic heterocycles. The molecule has 23 heavy (non-hydrogen) atoms. The highest BCUT2D eigenvalue weighted by Gasteiger charge is 2.22. The van der Waals surface area contributed by atoms with Crippen LogP contribution in [0, 0.1) is 0 Å². The number of carbonyl (C=O) groups excluding carboxylic acids is 1. The smallest absolute Gasteiger partial charge is 0.242 e. The first-order chi connectivity index (χ1) is 11.3. The Morgan fingerprint density at radius 3 is 2.74 bits per heavy atom. The fourth-order valence-corrected chi connectivity index (χ4v) is 3.16. The van der Waals surface area contributed by atoms with Crippen molar-refractivity contribution in [3.8, 4) is 11.5 Å². The zero-order chi connectivity index (χ0) is 15.8. The zero-order valence-corrected chi connectivity index (χ0v) is 13.2. The number of ether oxygens (including phenoxy) is 2. The summed E-state index contributed by atoms with van der Waals surface area (Å²) in [4.78, 5) is 19.2. The van der Waals surface area contributed by atoms with Gasteiger partial charge in [-0.1, -0.05) is 6.92 Å². The van der Waals surface area contributed by atoms with Gasteiger partial charge in [0.15, 0.2) is 11.5 Å². The van der Waals surface area contributed by atoms with E-state index in [9.17, 15) is 4.79 Å². The van der Waals surface area contributed by atoms with Crippen molar-refractivity contribution in [2.45, 2.75) is 19.9 Å². The normalized spacial score (nSPS) is 17.0. The topological polar surface area (TPSA) is 68.6 Å². The number of aromatic nitrogens is 2.